The fraction of sp³-hybridized carbons (Fsp3) is 0.533. The number of halogens is 1. The van der Waals surface area contributed by atoms with Gasteiger partial charge in [0, 0.05) is 25.7 Å². The van der Waals surface area contributed by atoms with Crippen molar-refractivity contribution in [1.29, 1.82) is 0 Å². The second-order valence-electron chi connectivity index (χ2n) is 4.97. The fourth-order valence-electron chi connectivity index (χ4n) is 2.39. The van der Waals surface area contributed by atoms with Gasteiger partial charge in [-0.05, 0) is 37.5 Å². The molecule has 0 aliphatic carbocycles. The van der Waals surface area contributed by atoms with E-state index in [0.29, 0.717) is 32.3 Å². The molecule has 1 aromatic rings. The molecule has 4 nitrogen and oxygen atoms in total. The number of carbonyl (C=O) groups excluding carboxylic acids is 1. The highest BCUT2D eigenvalue weighted by Gasteiger charge is 2.22. The van der Waals surface area contributed by atoms with Crippen molar-refractivity contribution in [2.45, 2.75) is 32.4 Å². The van der Waals surface area contributed by atoms with E-state index in [9.17, 15) is 9.18 Å². The molecular weight excluding hydrogens is 259 g/mol. The highest BCUT2D eigenvalue weighted by Crippen LogP contribution is 2.12. The fourth-order valence-corrected chi connectivity index (χ4v) is 2.39. The van der Waals surface area contributed by atoms with Gasteiger partial charge in [-0.25, -0.2) is 9.18 Å². The Morgan fingerprint density at radius 2 is 2.20 bits per heavy atom. The molecule has 1 amide bonds. The summed E-state index contributed by atoms with van der Waals surface area (Å²) in [6.07, 6.45) is 1.57. The Kier molecular flexibility index (Phi) is 5.35. The molecule has 1 fully saturated rings. The molecule has 110 valence electrons. The first-order valence-electron chi connectivity index (χ1n) is 7.08. The molecule has 20 heavy (non-hydrogen) atoms. The van der Waals surface area contributed by atoms with E-state index in [1.54, 1.807) is 17.0 Å². The van der Waals surface area contributed by atoms with Crippen LogP contribution >= 0.6 is 0 Å². The third-order valence-corrected chi connectivity index (χ3v) is 3.50. The number of piperidine rings is 1. The van der Waals surface area contributed by atoms with Crippen molar-refractivity contribution < 1.29 is 13.9 Å². The van der Waals surface area contributed by atoms with Gasteiger partial charge in [0.05, 0.1) is 6.61 Å². The first kappa shape index (κ1) is 14.8. The van der Waals surface area contributed by atoms with Crippen molar-refractivity contribution in [3.05, 3.63) is 35.6 Å². The van der Waals surface area contributed by atoms with Gasteiger partial charge in [0.15, 0.2) is 0 Å². The lowest BCUT2D eigenvalue weighted by Gasteiger charge is -2.31. The molecule has 0 saturated carbocycles. The van der Waals surface area contributed by atoms with Gasteiger partial charge >= 0.3 is 6.09 Å². The second-order valence-corrected chi connectivity index (χ2v) is 4.97. The van der Waals surface area contributed by atoms with Crippen LogP contribution in [-0.2, 0) is 11.3 Å². The van der Waals surface area contributed by atoms with Gasteiger partial charge in [0.25, 0.3) is 0 Å². The summed E-state index contributed by atoms with van der Waals surface area (Å²) in [6.45, 7) is 4.29. The van der Waals surface area contributed by atoms with Crippen LogP contribution in [-0.4, -0.2) is 36.7 Å². The maximum Gasteiger partial charge on any atom is 0.409 e. The molecule has 1 heterocycles. The minimum Gasteiger partial charge on any atom is -0.450 e. The van der Waals surface area contributed by atoms with Crippen molar-refractivity contribution >= 4 is 6.09 Å². The molecule has 0 atom stereocenters. The van der Waals surface area contributed by atoms with E-state index in [4.69, 9.17) is 4.74 Å². The Bertz CT molecular complexity index is 445. The van der Waals surface area contributed by atoms with Crippen molar-refractivity contribution in [2.75, 3.05) is 19.7 Å². The average molecular weight is 280 g/mol. The zero-order valence-electron chi connectivity index (χ0n) is 11.8. The Labute approximate surface area is 118 Å². The summed E-state index contributed by atoms with van der Waals surface area (Å²) in [5.41, 5.74) is 0.942. The van der Waals surface area contributed by atoms with Gasteiger partial charge in [-0.15, -0.1) is 0 Å². The third-order valence-electron chi connectivity index (χ3n) is 3.50. The molecular formula is C15H21FN2O2. The van der Waals surface area contributed by atoms with E-state index in [0.717, 1.165) is 18.4 Å². The number of likely N-dealkylation sites (tertiary alicyclic amines) is 1. The summed E-state index contributed by atoms with van der Waals surface area (Å²) in [5.74, 6) is -0.207. The van der Waals surface area contributed by atoms with Crippen LogP contribution in [0.2, 0.25) is 0 Å². The SMILES string of the molecule is CCOC(=O)N1CCC(NCc2cccc(F)c2)CC1. The van der Waals surface area contributed by atoms with Gasteiger partial charge in [-0.1, -0.05) is 12.1 Å². The Balaban J connectivity index is 1.73. The third kappa shape index (κ3) is 4.20. The Hall–Kier alpha value is -1.62. The highest BCUT2D eigenvalue weighted by molar-refractivity contribution is 5.67. The number of amides is 1. The molecule has 2 rings (SSSR count). The normalized spacial score (nSPS) is 16.2. The van der Waals surface area contributed by atoms with Crippen LogP contribution in [0.25, 0.3) is 0 Å². The number of nitrogens with zero attached hydrogens (tertiary/aromatic N) is 1. The minimum atomic E-state index is -0.226. The molecule has 1 aliphatic rings. The van der Waals surface area contributed by atoms with Gasteiger partial charge in [0.2, 0.25) is 0 Å². The monoisotopic (exact) mass is 280 g/mol. The van der Waals surface area contributed by atoms with Crippen LogP contribution in [0, 0.1) is 5.82 Å². The first-order chi connectivity index (χ1) is 9.69. The van der Waals surface area contributed by atoms with Crippen molar-refractivity contribution in [2.24, 2.45) is 0 Å². The van der Waals surface area contributed by atoms with Crippen LogP contribution in [0.5, 0.6) is 0 Å². The Morgan fingerprint density at radius 1 is 1.45 bits per heavy atom. The van der Waals surface area contributed by atoms with Crippen LogP contribution in [0.1, 0.15) is 25.3 Å². The molecule has 1 saturated heterocycles. The largest absolute Gasteiger partial charge is 0.450 e. The second kappa shape index (κ2) is 7.24. The van der Waals surface area contributed by atoms with Crippen molar-refractivity contribution in [1.82, 2.24) is 10.2 Å². The zero-order chi connectivity index (χ0) is 14.4. The maximum absolute atomic E-state index is 13.1. The lowest BCUT2D eigenvalue weighted by molar-refractivity contribution is 0.0950. The lowest BCUT2D eigenvalue weighted by Crippen LogP contribution is -2.44. The van der Waals surface area contributed by atoms with Gasteiger partial charge in [-0.3, -0.25) is 0 Å². The van der Waals surface area contributed by atoms with E-state index in [1.807, 2.05) is 13.0 Å². The van der Waals surface area contributed by atoms with Gasteiger partial charge in [0.1, 0.15) is 5.82 Å². The Morgan fingerprint density at radius 3 is 2.85 bits per heavy atom. The average Bonchev–Trinajstić information content (AvgIpc) is 2.46. The molecule has 0 unspecified atom stereocenters. The summed E-state index contributed by atoms with van der Waals surface area (Å²) in [7, 11) is 0. The van der Waals surface area contributed by atoms with E-state index in [-0.39, 0.29) is 11.9 Å². The molecule has 0 bridgehead atoms. The quantitative estimate of drug-likeness (QED) is 0.921. The number of hydrogen-bond acceptors (Lipinski definition) is 3. The van der Waals surface area contributed by atoms with E-state index < -0.39 is 0 Å². The van der Waals surface area contributed by atoms with Crippen LogP contribution < -0.4 is 5.32 Å². The van der Waals surface area contributed by atoms with E-state index in [2.05, 4.69) is 5.32 Å². The standard InChI is InChI=1S/C15H21FN2O2/c1-2-20-15(19)18-8-6-14(7-9-18)17-11-12-4-3-5-13(16)10-12/h3-5,10,14,17H,2,6-9,11H2,1H3. The molecule has 5 heteroatoms. The van der Waals surface area contributed by atoms with Crippen LogP contribution in [0.15, 0.2) is 24.3 Å². The van der Waals surface area contributed by atoms with Crippen LogP contribution in [0.3, 0.4) is 0 Å². The smallest absolute Gasteiger partial charge is 0.409 e. The van der Waals surface area contributed by atoms with Crippen molar-refractivity contribution in [3.63, 3.8) is 0 Å². The summed E-state index contributed by atoms with van der Waals surface area (Å²) in [5, 5.41) is 3.41. The maximum atomic E-state index is 13.1. The summed E-state index contributed by atoms with van der Waals surface area (Å²) >= 11 is 0. The molecule has 0 spiro atoms. The number of benzene rings is 1. The first-order valence-corrected chi connectivity index (χ1v) is 7.08. The number of nitrogens with one attached hydrogen (secondary N) is 1. The molecule has 1 aliphatic heterocycles. The van der Waals surface area contributed by atoms with Gasteiger partial charge in [-0.2, -0.15) is 0 Å². The molecule has 0 aromatic heterocycles. The van der Waals surface area contributed by atoms with Crippen LogP contribution in [0.4, 0.5) is 9.18 Å². The highest BCUT2D eigenvalue weighted by atomic mass is 19.1. The van der Waals surface area contributed by atoms with Crippen molar-refractivity contribution in [3.8, 4) is 0 Å². The predicted molar refractivity (Wildman–Crippen MR) is 74.9 cm³/mol. The summed E-state index contributed by atoms with van der Waals surface area (Å²) < 4.78 is 18.0. The minimum absolute atomic E-state index is 0.207. The molecule has 1 aromatic carbocycles. The number of hydrogen-bond donors (Lipinski definition) is 1. The molecule has 0 radical (unpaired) electrons. The van der Waals surface area contributed by atoms with E-state index >= 15 is 0 Å². The summed E-state index contributed by atoms with van der Waals surface area (Å²) in [6, 6.07) is 6.98. The van der Waals surface area contributed by atoms with E-state index in [1.165, 1.54) is 6.07 Å². The summed E-state index contributed by atoms with van der Waals surface area (Å²) in [4.78, 5) is 13.3. The number of rotatable bonds is 4. The van der Waals surface area contributed by atoms with Gasteiger partial charge < -0.3 is 15.0 Å². The predicted octanol–water partition coefficient (Wildman–Crippen LogP) is 2.54. The number of carbonyl (C=O) groups is 1. The number of ether oxygens (including phenoxy) is 1. The molecule has 1 N–H and O–H groups in total. The topological polar surface area (TPSA) is 41.6 Å². The zero-order valence-corrected chi connectivity index (χ0v) is 11.8. The lowest BCUT2D eigenvalue weighted by atomic mass is 10.0.